The predicted molar refractivity (Wildman–Crippen MR) is 106 cm³/mol. The number of aliphatic imine (C=N–C) groups is 1. The Morgan fingerprint density at radius 3 is 2.65 bits per heavy atom. The fraction of sp³-hybridized carbons (Fsp3) is 0.684. The summed E-state index contributed by atoms with van der Waals surface area (Å²) in [6.07, 6.45) is 1.64. The van der Waals surface area contributed by atoms with E-state index in [0.717, 1.165) is 51.5 Å². The van der Waals surface area contributed by atoms with E-state index in [1.807, 2.05) is 11.9 Å². The topological polar surface area (TPSA) is 57.2 Å². The molecule has 0 aromatic carbocycles. The molecule has 2 aliphatic heterocycles. The molecular weight excluding hydrogens is 348 g/mol. The molecule has 2 aliphatic rings. The van der Waals surface area contributed by atoms with Gasteiger partial charge in [0.1, 0.15) is 6.10 Å². The number of rotatable bonds is 4. The Labute approximate surface area is 160 Å². The van der Waals surface area contributed by atoms with Gasteiger partial charge in [0.05, 0.1) is 0 Å². The van der Waals surface area contributed by atoms with Gasteiger partial charge in [-0.15, -0.1) is 11.3 Å². The highest BCUT2D eigenvalue weighted by atomic mass is 32.1. The van der Waals surface area contributed by atoms with Crippen molar-refractivity contribution < 1.29 is 9.53 Å². The molecule has 0 spiro atoms. The lowest BCUT2D eigenvalue weighted by Gasteiger charge is -2.38. The smallest absolute Gasteiger partial charge is 0.251 e. The van der Waals surface area contributed by atoms with Crippen LogP contribution in [-0.4, -0.2) is 74.1 Å². The van der Waals surface area contributed by atoms with Gasteiger partial charge in [0.25, 0.3) is 5.91 Å². The third kappa shape index (κ3) is 4.38. The van der Waals surface area contributed by atoms with Crippen molar-refractivity contribution in [1.29, 1.82) is 0 Å². The monoisotopic (exact) mass is 378 g/mol. The van der Waals surface area contributed by atoms with E-state index in [1.165, 1.54) is 4.88 Å². The number of piperazine rings is 1. The minimum atomic E-state index is -0.217. The SMILES string of the molecule is CN=C(NCC(C)(C)c1cccs1)N1CCN(C(=O)C2CCCO2)CC1. The summed E-state index contributed by atoms with van der Waals surface area (Å²) in [6, 6.07) is 4.28. The van der Waals surface area contributed by atoms with Crippen LogP contribution >= 0.6 is 11.3 Å². The molecule has 1 amide bonds. The zero-order valence-corrected chi connectivity index (χ0v) is 16.8. The highest BCUT2D eigenvalue weighted by molar-refractivity contribution is 7.10. The molecule has 0 bridgehead atoms. The van der Waals surface area contributed by atoms with Crippen molar-refractivity contribution in [2.24, 2.45) is 4.99 Å². The second-order valence-corrected chi connectivity index (χ2v) is 8.52. The third-order valence-corrected chi connectivity index (χ3v) is 6.42. The first-order valence-electron chi connectivity index (χ1n) is 9.41. The zero-order valence-electron chi connectivity index (χ0n) is 16.0. The Morgan fingerprint density at radius 2 is 2.08 bits per heavy atom. The van der Waals surface area contributed by atoms with Gasteiger partial charge in [-0.05, 0) is 24.3 Å². The molecule has 1 aromatic heterocycles. The lowest BCUT2D eigenvalue weighted by Crippen LogP contribution is -2.56. The average molecular weight is 379 g/mol. The number of carbonyl (C=O) groups excluding carboxylic acids is 1. The predicted octanol–water partition coefficient (Wildman–Crippen LogP) is 1.92. The average Bonchev–Trinajstić information content (AvgIpc) is 3.36. The molecule has 3 rings (SSSR count). The van der Waals surface area contributed by atoms with E-state index in [4.69, 9.17) is 4.74 Å². The summed E-state index contributed by atoms with van der Waals surface area (Å²) in [5.41, 5.74) is 0.0572. The van der Waals surface area contributed by atoms with Gasteiger partial charge in [-0.3, -0.25) is 9.79 Å². The normalized spacial score (nSPS) is 22.0. The number of nitrogens with one attached hydrogen (secondary N) is 1. The number of nitrogens with zero attached hydrogens (tertiary/aromatic N) is 3. The standard InChI is InChI=1S/C19H30N4O2S/c1-19(2,16-7-5-13-26-16)14-21-18(20-3)23-10-8-22(9-11-23)17(24)15-6-4-12-25-15/h5,7,13,15H,4,6,8-12,14H2,1-3H3,(H,20,21). The molecule has 6 nitrogen and oxygen atoms in total. The van der Waals surface area contributed by atoms with E-state index in [1.54, 1.807) is 11.3 Å². The molecule has 0 aliphatic carbocycles. The number of amides is 1. The molecule has 26 heavy (non-hydrogen) atoms. The van der Waals surface area contributed by atoms with Crippen LogP contribution in [0.1, 0.15) is 31.6 Å². The van der Waals surface area contributed by atoms with Crippen LogP contribution in [0.4, 0.5) is 0 Å². The summed E-state index contributed by atoms with van der Waals surface area (Å²) in [4.78, 5) is 22.5. The van der Waals surface area contributed by atoms with E-state index >= 15 is 0 Å². The molecular formula is C19H30N4O2S. The van der Waals surface area contributed by atoms with Crippen LogP contribution in [0, 0.1) is 0 Å². The van der Waals surface area contributed by atoms with Gasteiger partial charge in [-0.1, -0.05) is 19.9 Å². The maximum Gasteiger partial charge on any atom is 0.251 e. The molecule has 0 saturated carbocycles. The first kappa shape index (κ1) is 19.2. The minimum Gasteiger partial charge on any atom is -0.368 e. The van der Waals surface area contributed by atoms with Crippen LogP contribution in [0.15, 0.2) is 22.5 Å². The van der Waals surface area contributed by atoms with E-state index < -0.39 is 0 Å². The van der Waals surface area contributed by atoms with Crippen molar-refractivity contribution in [3.63, 3.8) is 0 Å². The summed E-state index contributed by atoms with van der Waals surface area (Å²) < 4.78 is 5.53. The number of hydrogen-bond acceptors (Lipinski definition) is 4. The van der Waals surface area contributed by atoms with Crippen molar-refractivity contribution in [3.05, 3.63) is 22.4 Å². The Balaban J connectivity index is 1.50. The Kier molecular flexibility index (Phi) is 6.19. The number of guanidine groups is 1. The van der Waals surface area contributed by atoms with E-state index in [-0.39, 0.29) is 17.4 Å². The maximum absolute atomic E-state index is 12.5. The summed E-state index contributed by atoms with van der Waals surface area (Å²) in [6.45, 7) is 9.10. The second-order valence-electron chi connectivity index (χ2n) is 7.58. The van der Waals surface area contributed by atoms with Crippen LogP contribution in [0.2, 0.25) is 0 Å². The molecule has 0 radical (unpaired) electrons. The van der Waals surface area contributed by atoms with Crippen LogP contribution in [0.3, 0.4) is 0 Å². The van der Waals surface area contributed by atoms with Gasteiger partial charge < -0.3 is 19.9 Å². The molecule has 2 fully saturated rings. The van der Waals surface area contributed by atoms with E-state index in [2.05, 4.69) is 46.6 Å². The van der Waals surface area contributed by atoms with Crippen molar-refractivity contribution in [1.82, 2.24) is 15.1 Å². The molecule has 1 atom stereocenters. The van der Waals surface area contributed by atoms with Crippen LogP contribution < -0.4 is 5.32 Å². The fourth-order valence-corrected chi connectivity index (χ4v) is 4.35. The Morgan fingerprint density at radius 1 is 1.35 bits per heavy atom. The lowest BCUT2D eigenvalue weighted by atomic mass is 9.91. The van der Waals surface area contributed by atoms with Gasteiger partial charge in [-0.25, -0.2) is 0 Å². The molecule has 1 aromatic rings. The molecule has 2 saturated heterocycles. The number of ether oxygens (including phenoxy) is 1. The van der Waals surface area contributed by atoms with Crippen molar-refractivity contribution in [2.45, 2.75) is 38.2 Å². The number of thiophene rings is 1. The van der Waals surface area contributed by atoms with Gasteiger partial charge in [0, 0.05) is 56.7 Å². The summed E-state index contributed by atoms with van der Waals surface area (Å²) in [5.74, 6) is 1.07. The molecule has 3 heterocycles. The largest absolute Gasteiger partial charge is 0.368 e. The van der Waals surface area contributed by atoms with Gasteiger partial charge in [-0.2, -0.15) is 0 Å². The lowest BCUT2D eigenvalue weighted by molar-refractivity contribution is -0.142. The number of carbonyl (C=O) groups is 1. The quantitative estimate of drug-likeness (QED) is 0.642. The third-order valence-electron chi connectivity index (χ3n) is 5.18. The highest BCUT2D eigenvalue weighted by Crippen LogP contribution is 2.26. The Bertz CT molecular complexity index is 615. The summed E-state index contributed by atoms with van der Waals surface area (Å²) >= 11 is 1.79. The van der Waals surface area contributed by atoms with Crippen molar-refractivity contribution >= 4 is 23.2 Å². The maximum atomic E-state index is 12.5. The fourth-order valence-electron chi connectivity index (χ4n) is 3.50. The minimum absolute atomic E-state index is 0.0572. The number of hydrogen-bond donors (Lipinski definition) is 1. The van der Waals surface area contributed by atoms with Gasteiger partial charge >= 0.3 is 0 Å². The van der Waals surface area contributed by atoms with Crippen LogP contribution in [-0.2, 0) is 14.9 Å². The van der Waals surface area contributed by atoms with E-state index in [9.17, 15) is 4.79 Å². The first-order valence-corrected chi connectivity index (χ1v) is 10.3. The van der Waals surface area contributed by atoms with Crippen LogP contribution in [0.5, 0.6) is 0 Å². The highest BCUT2D eigenvalue weighted by Gasteiger charge is 2.31. The van der Waals surface area contributed by atoms with Gasteiger partial charge in [0.15, 0.2) is 5.96 Å². The Hall–Kier alpha value is -1.60. The van der Waals surface area contributed by atoms with E-state index in [0.29, 0.717) is 6.61 Å². The van der Waals surface area contributed by atoms with Crippen molar-refractivity contribution in [2.75, 3.05) is 46.4 Å². The molecule has 7 heteroatoms. The van der Waals surface area contributed by atoms with Crippen molar-refractivity contribution in [3.8, 4) is 0 Å². The summed E-state index contributed by atoms with van der Waals surface area (Å²) in [7, 11) is 1.82. The zero-order chi connectivity index (χ0) is 18.6. The molecule has 1 unspecified atom stereocenters. The second kappa shape index (κ2) is 8.39. The summed E-state index contributed by atoms with van der Waals surface area (Å²) in [5, 5.41) is 5.64. The van der Waals surface area contributed by atoms with Gasteiger partial charge in [0.2, 0.25) is 0 Å². The first-order chi connectivity index (χ1) is 12.5. The van der Waals surface area contributed by atoms with Crippen LogP contribution in [0.25, 0.3) is 0 Å². The molecule has 144 valence electrons. The molecule has 1 N–H and O–H groups in total.